The van der Waals surface area contributed by atoms with Crippen LogP contribution in [0.15, 0.2) is 24.4 Å². The number of aromatic nitrogens is 2. The van der Waals surface area contributed by atoms with Gasteiger partial charge in [0, 0.05) is 12.1 Å². The van der Waals surface area contributed by atoms with Crippen LogP contribution in [-0.4, -0.2) is 20.6 Å². The van der Waals surface area contributed by atoms with Gasteiger partial charge in [-0.1, -0.05) is 6.07 Å². The fraction of sp³-hybridized carbons (Fsp3) is 0.231. The van der Waals surface area contributed by atoms with E-state index < -0.39 is 17.8 Å². The van der Waals surface area contributed by atoms with Crippen LogP contribution in [0.5, 0.6) is 0 Å². The van der Waals surface area contributed by atoms with Gasteiger partial charge in [-0.25, -0.2) is 9.78 Å². The molecule has 0 atom stereocenters. The van der Waals surface area contributed by atoms with Crippen molar-refractivity contribution in [2.75, 3.05) is 0 Å². The molecule has 0 saturated carbocycles. The molecule has 1 aromatic heterocycles. The van der Waals surface area contributed by atoms with E-state index >= 15 is 0 Å². The van der Waals surface area contributed by atoms with Crippen LogP contribution < -0.4 is 0 Å². The molecule has 3 rings (SSSR count). The second-order valence-electron chi connectivity index (χ2n) is 4.54. The molecule has 2 aromatic rings. The molecule has 1 aliphatic rings. The molecule has 0 bridgehead atoms. The van der Waals surface area contributed by atoms with Crippen LogP contribution in [0.4, 0.5) is 13.2 Å². The van der Waals surface area contributed by atoms with Gasteiger partial charge in [-0.05, 0) is 24.1 Å². The highest BCUT2D eigenvalue weighted by atomic mass is 19.4. The number of hydrogen-bond donors (Lipinski definition) is 1. The van der Waals surface area contributed by atoms with Gasteiger partial charge in [-0.2, -0.15) is 13.2 Å². The first kappa shape index (κ1) is 12.7. The van der Waals surface area contributed by atoms with E-state index in [1.807, 2.05) is 0 Å². The van der Waals surface area contributed by atoms with E-state index in [1.54, 1.807) is 0 Å². The summed E-state index contributed by atoms with van der Waals surface area (Å²) in [4.78, 5) is 14.7. The molecule has 4 nitrogen and oxygen atoms in total. The first-order valence-electron chi connectivity index (χ1n) is 5.87. The molecular weight excluding hydrogens is 273 g/mol. The molecule has 2 heterocycles. The molecule has 0 aliphatic carbocycles. The number of rotatable bonds is 1. The Balaban J connectivity index is 2.13. The standard InChI is InChI=1S/C13H9F3N2O2/c14-13(15,16)10-6-17-11-9-2-1-8(12(19)20)5-7(9)3-4-18(10)11/h1-2,5-6H,3-4H2,(H,19,20). The third-order valence-electron chi connectivity index (χ3n) is 3.34. The van der Waals surface area contributed by atoms with Crippen molar-refractivity contribution in [3.05, 3.63) is 41.2 Å². The van der Waals surface area contributed by atoms with Crippen molar-refractivity contribution in [1.82, 2.24) is 9.55 Å². The van der Waals surface area contributed by atoms with E-state index in [0.717, 1.165) is 10.8 Å². The Hall–Kier alpha value is -2.31. The molecule has 20 heavy (non-hydrogen) atoms. The molecule has 0 amide bonds. The van der Waals surface area contributed by atoms with Gasteiger partial charge in [0.2, 0.25) is 0 Å². The molecule has 1 N–H and O–H groups in total. The summed E-state index contributed by atoms with van der Waals surface area (Å²) in [6.07, 6.45) is -3.28. The topological polar surface area (TPSA) is 55.1 Å². The number of benzene rings is 1. The second kappa shape index (κ2) is 4.09. The van der Waals surface area contributed by atoms with Crippen LogP contribution in [0.25, 0.3) is 11.4 Å². The van der Waals surface area contributed by atoms with Crippen LogP contribution in [0.3, 0.4) is 0 Å². The molecule has 0 unspecified atom stereocenters. The predicted molar refractivity (Wildman–Crippen MR) is 63.3 cm³/mol. The highest BCUT2D eigenvalue weighted by Crippen LogP contribution is 2.36. The Kier molecular flexibility index (Phi) is 2.60. The zero-order valence-corrected chi connectivity index (χ0v) is 10.1. The summed E-state index contributed by atoms with van der Waals surface area (Å²) >= 11 is 0. The van der Waals surface area contributed by atoms with Gasteiger partial charge in [-0.15, -0.1) is 0 Å². The fourth-order valence-electron chi connectivity index (χ4n) is 2.43. The summed E-state index contributed by atoms with van der Waals surface area (Å²) in [6.45, 7) is 0.139. The lowest BCUT2D eigenvalue weighted by molar-refractivity contribution is -0.143. The monoisotopic (exact) mass is 282 g/mol. The zero-order chi connectivity index (χ0) is 14.5. The maximum absolute atomic E-state index is 12.8. The Bertz CT molecular complexity index is 704. The molecule has 0 radical (unpaired) electrons. The minimum Gasteiger partial charge on any atom is -0.478 e. The smallest absolute Gasteiger partial charge is 0.433 e. The van der Waals surface area contributed by atoms with Crippen molar-refractivity contribution < 1.29 is 23.1 Å². The summed E-state index contributed by atoms with van der Waals surface area (Å²) in [6, 6.07) is 4.37. The SMILES string of the molecule is O=C(O)c1ccc2c(c1)CCn1c(C(F)(F)F)cnc1-2. The summed E-state index contributed by atoms with van der Waals surface area (Å²) in [5.74, 6) is -0.826. The number of hydrogen-bond acceptors (Lipinski definition) is 2. The van der Waals surface area contributed by atoms with Crippen LogP contribution in [0, 0.1) is 0 Å². The van der Waals surface area contributed by atoms with Crippen LogP contribution in [-0.2, 0) is 19.1 Å². The van der Waals surface area contributed by atoms with Crippen molar-refractivity contribution in [3.63, 3.8) is 0 Å². The Morgan fingerprint density at radius 2 is 2.10 bits per heavy atom. The van der Waals surface area contributed by atoms with Crippen molar-refractivity contribution >= 4 is 5.97 Å². The van der Waals surface area contributed by atoms with Gasteiger partial charge < -0.3 is 9.67 Å². The lowest BCUT2D eigenvalue weighted by Crippen LogP contribution is -2.19. The number of nitrogens with zero attached hydrogens (tertiary/aromatic N) is 2. The average Bonchev–Trinajstić information content (AvgIpc) is 2.81. The van der Waals surface area contributed by atoms with Gasteiger partial charge in [0.15, 0.2) is 0 Å². The average molecular weight is 282 g/mol. The molecule has 0 fully saturated rings. The first-order chi connectivity index (χ1) is 9.38. The third-order valence-corrected chi connectivity index (χ3v) is 3.34. The van der Waals surface area contributed by atoms with E-state index in [1.165, 1.54) is 18.2 Å². The number of carbonyl (C=O) groups is 1. The molecule has 1 aromatic carbocycles. The molecule has 1 aliphatic heterocycles. The molecule has 0 spiro atoms. The summed E-state index contributed by atoms with van der Waals surface area (Å²) in [5.41, 5.74) is 0.605. The number of carboxylic acid groups (broad SMARTS) is 1. The Labute approximate surface area is 111 Å². The van der Waals surface area contributed by atoms with E-state index in [4.69, 9.17) is 5.11 Å². The first-order valence-corrected chi connectivity index (χ1v) is 5.87. The van der Waals surface area contributed by atoms with E-state index in [0.29, 0.717) is 17.5 Å². The zero-order valence-electron chi connectivity index (χ0n) is 10.1. The third kappa shape index (κ3) is 1.86. The maximum Gasteiger partial charge on any atom is 0.433 e. The van der Waals surface area contributed by atoms with E-state index in [-0.39, 0.29) is 17.9 Å². The van der Waals surface area contributed by atoms with Crippen molar-refractivity contribution in [1.29, 1.82) is 0 Å². The minimum absolute atomic E-state index is 0.125. The quantitative estimate of drug-likeness (QED) is 0.875. The summed E-state index contributed by atoms with van der Waals surface area (Å²) in [7, 11) is 0. The lowest BCUT2D eigenvalue weighted by atomic mass is 9.98. The highest BCUT2D eigenvalue weighted by Gasteiger charge is 2.37. The number of fused-ring (bicyclic) bond motifs is 3. The predicted octanol–water partition coefficient (Wildman–Crippen LogP) is 2.82. The van der Waals surface area contributed by atoms with Crippen molar-refractivity contribution in [2.24, 2.45) is 0 Å². The summed E-state index contributed by atoms with van der Waals surface area (Å²) < 4.78 is 39.6. The number of aromatic carboxylic acids is 1. The molecular formula is C13H9F3N2O2. The van der Waals surface area contributed by atoms with Gasteiger partial charge in [0.25, 0.3) is 0 Å². The van der Waals surface area contributed by atoms with E-state index in [9.17, 15) is 18.0 Å². The van der Waals surface area contributed by atoms with Gasteiger partial charge in [0.1, 0.15) is 11.5 Å². The highest BCUT2D eigenvalue weighted by molar-refractivity contribution is 5.88. The van der Waals surface area contributed by atoms with Gasteiger partial charge >= 0.3 is 12.1 Å². The van der Waals surface area contributed by atoms with Crippen molar-refractivity contribution in [3.8, 4) is 11.4 Å². The van der Waals surface area contributed by atoms with Gasteiger partial charge in [0.05, 0.1) is 11.8 Å². The Morgan fingerprint density at radius 1 is 1.35 bits per heavy atom. The Morgan fingerprint density at radius 3 is 2.75 bits per heavy atom. The number of aryl methyl sites for hydroxylation is 1. The molecule has 104 valence electrons. The lowest BCUT2D eigenvalue weighted by Gasteiger charge is -2.21. The molecule has 0 saturated heterocycles. The number of alkyl halides is 3. The van der Waals surface area contributed by atoms with Crippen LogP contribution in [0.1, 0.15) is 21.6 Å². The fourth-order valence-corrected chi connectivity index (χ4v) is 2.43. The normalized spacial score (nSPS) is 13.8. The maximum atomic E-state index is 12.8. The number of carboxylic acids is 1. The van der Waals surface area contributed by atoms with Crippen LogP contribution >= 0.6 is 0 Å². The number of imidazole rings is 1. The summed E-state index contributed by atoms with van der Waals surface area (Å²) in [5, 5.41) is 8.92. The van der Waals surface area contributed by atoms with Crippen molar-refractivity contribution in [2.45, 2.75) is 19.1 Å². The number of halogens is 3. The largest absolute Gasteiger partial charge is 0.478 e. The molecule has 7 heteroatoms. The second-order valence-corrected chi connectivity index (χ2v) is 4.54. The minimum atomic E-state index is -4.44. The van der Waals surface area contributed by atoms with E-state index in [2.05, 4.69) is 4.98 Å². The van der Waals surface area contributed by atoms with Gasteiger partial charge in [-0.3, -0.25) is 0 Å². The van der Waals surface area contributed by atoms with Crippen LogP contribution in [0.2, 0.25) is 0 Å².